The molecule has 1 aromatic heterocycles. The molecule has 0 saturated carbocycles. The molecule has 23 heavy (non-hydrogen) atoms. The highest BCUT2D eigenvalue weighted by Gasteiger charge is 2.32. The molecule has 0 spiro atoms. The Morgan fingerprint density at radius 2 is 2.00 bits per heavy atom. The normalized spacial score (nSPS) is 11.3. The first kappa shape index (κ1) is 17.4. The van der Waals surface area contributed by atoms with E-state index in [9.17, 15) is 14.0 Å². The molecule has 2 rings (SSSR count). The maximum Gasteiger partial charge on any atom is 0.345 e. The average molecular weight is 356 g/mol. The van der Waals surface area contributed by atoms with Crippen LogP contribution in [-0.4, -0.2) is 17.0 Å². The summed E-state index contributed by atoms with van der Waals surface area (Å²) in [7, 11) is 0. The fourth-order valence-electron chi connectivity index (χ4n) is 2.09. The van der Waals surface area contributed by atoms with E-state index in [-0.39, 0.29) is 27.9 Å². The fourth-order valence-corrected chi connectivity index (χ4v) is 3.04. The van der Waals surface area contributed by atoms with Crippen molar-refractivity contribution in [3.05, 3.63) is 56.5 Å². The first-order valence-electron chi connectivity index (χ1n) is 6.77. The zero-order chi connectivity index (χ0) is 17.2. The summed E-state index contributed by atoms with van der Waals surface area (Å²) in [5.41, 5.74) is -0.835. The Morgan fingerprint density at radius 1 is 1.30 bits per heavy atom. The number of hydrogen-bond donors (Lipinski definition) is 2. The van der Waals surface area contributed by atoms with Gasteiger partial charge in [-0.2, -0.15) is 0 Å². The lowest BCUT2D eigenvalue weighted by atomic mass is 9.83. The van der Waals surface area contributed by atoms with Gasteiger partial charge in [0.15, 0.2) is 0 Å². The predicted molar refractivity (Wildman–Crippen MR) is 87.6 cm³/mol. The quantitative estimate of drug-likeness (QED) is 0.856. The number of carbonyl (C=O) groups excluding carboxylic acids is 1. The Bertz CT molecular complexity index is 758. The van der Waals surface area contributed by atoms with Gasteiger partial charge in [-0.25, -0.2) is 9.18 Å². The number of thiophene rings is 1. The lowest BCUT2D eigenvalue weighted by Crippen LogP contribution is -2.40. The number of aromatic carboxylic acids is 1. The second kappa shape index (κ2) is 6.68. The molecule has 0 unspecified atom stereocenters. The van der Waals surface area contributed by atoms with Crippen LogP contribution in [0.3, 0.4) is 0 Å². The maximum atomic E-state index is 14.0. The van der Waals surface area contributed by atoms with Gasteiger partial charge in [0.05, 0.1) is 12.0 Å². The Morgan fingerprint density at radius 3 is 2.57 bits per heavy atom. The average Bonchev–Trinajstić information content (AvgIpc) is 2.93. The molecule has 0 bridgehead atoms. The number of benzene rings is 1. The fraction of sp³-hybridized carbons (Fsp3) is 0.250. The van der Waals surface area contributed by atoms with Crippen molar-refractivity contribution >= 4 is 34.8 Å². The van der Waals surface area contributed by atoms with Crippen LogP contribution in [0.4, 0.5) is 4.39 Å². The van der Waals surface area contributed by atoms with E-state index >= 15 is 0 Å². The van der Waals surface area contributed by atoms with Crippen molar-refractivity contribution in [3.8, 4) is 0 Å². The third-order valence-corrected chi connectivity index (χ3v) is 4.78. The second-order valence-corrected chi connectivity index (χ2v) is 7.11. The van der Waals surface area contributed by atoms with Crippen molar-refractivity contribution in [1.82, 2.24) is 5.32 Å². The van der Waals surface area contributed by atoms with E-state index in [2.05, 4.69) is 5.32 Å². The highest BCUT2D eigenvalue weighted by molar-refractivity contribution is 7.13. The molecule has 122 valence electrons. The molecule has 0 aliphatic rings. The summed E-state index contributed by atoms with van der Waals surface area (Å²) in [5.74, 6) is -1.90. The van der Waals surface area contributed by atoms with Gasteiger partial charge in [0.1, 0.15) is 10.7 Å². The standard InChI is InChI=1S/C16H15ClFNO3S/c1-16(2,11-5-3-9(17)7-12(11)18)15(22)19-8-10-4-6-13(23-10)14(20)21/h3-7H,8H2,1-2H3,(H,19,22)(H,20,21). The zero-order valence-corrected chi connectivity index (χ0v) is 14.1. The molecule has 7 heteroatoms. The number of carbonyl (C=O) groups is 2. The Hall–Kier alpha value is -1.92. The van der Waals surface area contributed by atoms with Gasteiger partial charge in [-0.05, 0) is 38.1 Å². The largest absolute Gasteiger partial charge is 0.477 e. The molecule has 1 amide bonds. The van der Waals surface area contributed by atoms with Crippen LogP contribution in [0, 0.1) is 5.82 Å². The highest BCUT2D eigenvalue weighted by atomic mass is 35.5. The molecule has 0 saturated heterocycles. The van der Waals surface area contributed by atoms with E-state index in [0.717, 1.165) is 11.3 Å². The third kappa shape index (κ3) is 3.89. The third-order valence-electron chi connectivity index (χ3n) is 3.47. The summed E-state index contributed by atoms with van der Waals surface area (Å²) in [6.45, 7) is 3.42. The second-order valence-electron chi connectivity index (χ2n) is 5.50. The van der Waals surface area contributed by atoms with Crippen LogP contribution in [0.15, 0.2) is 30.3 Å². The van der Waals surface area contributed by atoms with E-state index in [4.69, 9.17) is 16.7 Å². The lowest BCUT2D eigenvalue weighted by Gasteiger charge is -2.24. The minimum Gasteiger partial charge on any atom is -0.477 e. The number of halogens is 2. The molecule has 4 nitrogen and oxygen atoms in total. The topological polar surface area (TPSA) is 66.4 Å². The number of carboxylic acids is 1. The molecular formula is C16H15ClFNO3S. The van der Waals surface area contributed by atoms with Crippen molar-refractivity contribution in [1.29, 1.82) is 0 Å². The van der Waals surface area contributed by atoms with Gasteiger partial charge in [-0.3, -0.25) is 4.79 Å². The molecule has 1 heterocycles. The first-order chi connectivity index (χ1) is 10.7. The van der Waals surface area contributed by atoms with Crippen LogP contribution in [0.1, 0.15) is 34.0 Å². The Balaban J connectivity index is 2.10. The van der Waals surface area contributed by atoms with Crippen molar-refractivity contribution in [2.75, 3.05) is 0 Å². The molecular weight excluding hydrogens is 341 g/mol. The lowest BCUT2D eigenvalue weighted by molar-refractivity contribution is -0.125. The molecule has 2 N–H and O–H groups in total. The van der Waals surface area contributed by atoms with Crippen LogP contribution in [-0.2, 0) is 16.8 Å². The summed E-state index contributed by atoms with van der Waals surface area (Å²) in [4.78, 5) is 24.1. The molecule has 0 aliphatic carbocycles. The van der Waals surface area contributed by atoms with Crippen LogP contribution in [0.25, 0.3) is 0 Å². The molecule has 0 aliphatic heterocycles. The summed E-state index contributed by atoms with van der Waals surface area (Å²) >= 11 is 6.82. The van der Waals surface area contributed by atoms with Gasteiger partial charge in [0.2, 0.25) is 5.91 Å². The molecule has 2 aromatic rings. The molecule has 0 fully saturated rings. The monoisotopic (exact) mass is 355 g/mol. The maximum absolute atomic E-state index is 14.0. The summed E-state index contributed by atoms with van der Waals surface area (Å²) in [5, 5.41) is 11.9. The zero-order valence-electron chi connectivity index (χ0n) is 12.5. The molecule has 0 radical (unpaired) electrons. The van der Waals surface area contributed by atoms with E-state index in [1.54, 1.807) is 19.9 Å². The van der Waals surface area contributed by atoms with Gasteiger partial charge < -0.3 is 10.4 Å². The van der Waals surface area contributed by atoms with Crippen LogP contribution in [0.2, 0.25) is 5.02 Å². The Kier molecular flexibility index (Phi) is 5.06. The predicted octanol–water partition coefficient (Wildman–Crippen LogP) is 3.83. The Labute approximate surface area is 141 Å². The van der Waals surface area contributed by atoms with Gasteiger partial charge >= 0.3 is 5.97 Å². The van der Waals surface area contributed by atoms with Crippen LogP contribution in [0.5, 0.6) is 0 Å². The number of rotatable bonds is 5. The van der Waals surface area contributed by atoms with Crippen molar-refractivity contribution in [2.24, 2.45) is 0 Å². The minimum atomic E-state index is -1.08. The number of hydrogen-bond acceptors (Lipinski definition) is 3. The van der Waals surface area contributed by atoms with E-state index < -0.39 is 17.2 Å². The van der Waals surface area contributed by atoms with Crippen LogP contribution >= 0.6 is 22.9 Å². The van der Waals surface area contributed by atoms with Crippen molar-refractivity contribution in [2.45, 2.75) is 25.8 Å². The van der Waals surface area contributed by atoms with Gasteiger partial charge in [0.25, 0.3) is 0 Å². The summed E-state index contributed by atoms with van der Waals surface area (Å²) < 4.78 is 14.0. The van der Waals surface area contributed by atoms with Crippen molar-refractivity contribution in [3.63, 3.8) is 0 Å². The SMILES string of the molecule is CC(C)(C(=O)NCc1ccc(C(=O)O)s1)c1ccc(Cl)cc1F. The smallest absolute Gasteiger partial charge is 0.345 e. The number of carboxylic acid groups (broad SMARTS) is 1. The number of amides is 1. The highest BCUT2D eigenvalue weighted by Crippen LogP contribution is 2.28. The first-order valence-corrected chi connectivity index (χ1v) is 7.97. The van der Waals surface area contributed by atoms with E-state index in [1.165, 1.54) is 24.3 Å². The van der Waals surface area contributed by atoms with Gasteiger partial charge in [0, 0.05) is 15.5 Å². The molecule has 1 aromatic carbocycles. The van der Waals surface area contributed by atoms with E-state index in [1.807, 2.05) is 0 Å². The minimum absolute atomic E-state index is 0.190. The van der Waals surface area contributed by atoms with Crippen molar-refractivity contribution < 1.29 is 19.1 Å². The summed E-state index contributed by atoms with van der Waals surface area (Å²) in [6.07, 6.45) is 0. The molecule has 0 atom stereocenters. The van der Waals surface area contributed by atoms with Gasteiger partial charge in [-0.15, -0.1) is 11.3 Å². The van der Waals surface area contributed by atoms with Gasteiger partial charge in [-0.1, -0.05) is 17.7 Å². The summed E-state index contributed by atoms with van der Waals surface area (Å²) in [6, 6.07) is 7.32. The number of nitrogens with one attached hydrogen (secondary N) is 1. The van der Waals surface area contributed by atoms with E-state index in [0.29, 0.717) is 4.88 Å². The van der Waals surface area contributed by atoms with Crippen LogP contribution < -0.4 is 5.32 Å².